The number of amides is 2. The van der Waals surface area contributed by atoms with Crippen molar-refractivity contribution in [2.24, 2.45) is 0 Å². The number of nitrogens with one attached hydrogen (secondary N) is 2. The monoisotopic (exact) mass is 606 g/mol. The third-order valence-corrected chi connectivity index (χ3v) is 7.84. The first-order valence-corrected chi connectivity index (χ1v) is 16.2. The van der Waals surface area contributed by atoms with Crippen LogP contribution < -0.4 is 15.4 Å². The minimum absolute atomic E-state index is 0.136. The maximum absolute atomic E-state index is 12.8. The summed E-state index contributed by atoms with van der Waals surface area (Å²) >= 11 is 0. The molecule has 2 amide bonds. The lowest BCUT2D eigenvalue weighted by atomic mass is 10.0. The van der Waals surface area contributed by atoms with Crippen molar-refractivity contribution < 1.29 is 18.8 Å². The number of aryl methyl sites for hydroxylation is 2. The number of nitrogens with zero attached hydrogens (tertiary/aromatic N) is 1. The van der Waals surface area contributed by atoms with E-state index in [1.807, 2.05) is 84.9 Å². The summed E-state index contributed by atoms with van der Waals surface area (Å²) in [5.74, 6) is 1.01. The molecule has 0 radical (unpaired) electrons. The Bertz CT molecular complexity index is 1490. The first-order valence-electron chi connectivity index (χ1n) is 16.2. The molecule has 2 N–H and O–H groups in total. The van der Waals surface area contributed by atoms with Gasteiger partial charge in [-0.2, -0.15) is 0 Å². The maximum atomic E-state index is 12.8. The standard InChI is InChI=1S/C39H47N3O3/c1-5-30-13-17-32(18-14-30)38(43)40-34-21-25-36(26-22-34)45-37-27-23-35(24-28-37)41-39(44)33-19-15-31(16-20-33)12-10-8-6-7-9-11-29-42(2,3)4/h13-28H,5-12,29H2,1-4H3,(H-,40,41,43,44)/p+1. The number of anilines is 2. The van der Waals surface area contributed by atoms with Gasteiger partial charge in [-0.3, -0.25) is 9.59 Å². The number of quaternary nitrogens is 1. The molecule has 0 aliphatic heterocycles. The molecule has 45 heavy (non-hydrogen) atoms. The van der Waals surface area contributed by atoms with E-state index < -0.39 is 0 Å². The van der Waals surface area contributed by atoms with Crippen molar-refractivity contribution >= 4 is 23.2 Å². The number of rotatable bonds is 16. The molecule has 0 bridgehead atoms. The molecular formula is C39H48N3O3+. The fourth-order valence-corrected chi connectivity index (χ4v) is 5.09. The normalized spacial score (nSPS) is 11.2. The second kappa shape index (κ2) is 16.6. The van der Waals surface area contributed by atoms with Crippen LogP contribution in [0.25, 0.3) is 0 Å². The molecule has 0 aliphatic carbocycles. The lowest BCUT2D eigenvalue weighted by Crippen LogP contribution is -2.35. The van der Waals surface area contributed by atoms with E-state index in [9.17, 15) is 9.59 Å². The van der Waals surface area contributed by atoms with Crippen LogP contribution in [-0.4, -0.2) is 44.0 Å². The molecule has 0 aliphatic rings. The van der Waals surface area contributed by atoms with E-state index >= 15 is 0 Å². The molecule has 0 fully saturated rings. The Balaban J connectivity index is 1.17. The molecular weight excluding hydrogens is 558 g/mol. The van der Waals surface area contributed by atoms with Gasteiger partial charge in [-0.25, -0.2) is 0 Å². The molecule has 6 heteroatoms. The van der Waals surface area contributed by atoms with Crippen LogP contribution in [0.4, 0.5) is 11.4 Å². The van der Waals surface area contributed by atoms with Gasteiger partial charge in [0.2, 0.25) is 0 Å². The molecule has 0 saturated carbocycles. The van der Waals surface area contributed by atoms with Crippen molar-refractivity contribution in [3.05, 3.63) is 119 Å². The van der Waals surface area contributed by atoms with Crippen LogP contribution in [0, 0.1) is 0 Å². The summed E-state index contributed by atoms with van der Waals surface area (Å²) in [6.07, 6.45) is 9.66. The molecule has 0 spiro atoms. The largest absolute Gasteiger partial charge is 0.457 e. The number of benzene rings is 4. The van der Waals surface area contributed by atoms with Crippen molar-refractivity contribution in [3.8, 4) is 11.5 Å². The SMILES string of the molecule is CCc1ccc(C(=O)Nc2ccc(Oc3ccc(NC(=O)c4ccc(CCCCCCCC[N+](C)(C)C)cc4)cc3)cc2)cc1. The molecule has 0 heterocycles. The summed E-state index contributed by atoms with van der Waals surface area (Å²) in [5.41, 5.74) is 5.12. The fraction of sp³-hybridized carbons (Fsp3) is 0.333. The van der Waals surface area contributed by atoms with Gasteiger partial charge in [-0.15, -0.1) is 0 Å². The summed E-state index contributed by atoms with van der Waals surface area (Å²) in [6.45, 7) is 3.33. The van der Waals surface area contributed by atoms with Crippen molar-refractivity contribution in [2.75, 3.05) is 38.3 Å². The smallest absolute Gasteiger partial charge is 0.255 e. The van der Waals surface area contributed by atoms with Crippen molar-refractivity contribution in [1.29, 1.82) is 0 Å². The van der Waals surface area contributed by atoms with Gasteiger partial charge < -0.3 is 19.9 Å². The number of hydrogen-bond acceptors (Lipinski definition) is 3. The minimum atomic E-state index is -0.150. The zero-order chi connectivity index (χ0) is 32.1. The Labute approximate surface area is 269 Å². The fourth-order valence-electron chi connectivity index (χ4n) is 5.09. The molecule has 6 nitrogen and oxygen atoms in total. The third kappa shape index (κ3) is 11.5. The average molecular weight is 607 g/mol. The van der Waals surface area contributed by atoms with Crippen LogP contribution in [0.5, 0.6) is 11.5 Å². The van der Waals surface area contributed by atoms with E-state index in [0.717, 1.165) is 17.3 Å². The second-order valence-electron chi connectivity index (χ2n) is 12.7. The van der Waals surface area contributed by atoms with Crippen LogP contribution in [-0.2, 0) is 12.8 Å². The predicted octanol–water partition coefficient (Wildman–Crippen LogP) is 9.14. The van der Waals surface area contributed by atoms with Gasteiger partial charge in [0.05, 0.1) is 27.7 Å². The van der Waals surface area contributed by atoms with Crippen LogP contribution in [0.3, 0.4) is 0 Å². The van der Waals surface area contributed by atoms with Gasteiger partial charge in [-0.1, -0.05) is 50.5 Å². The highest BCUT2D eigenvalue weighted by atomic mass is 16.5. The molecule has 0 atom stereocenters. The van der Waals surface area contributed by atoms with Gasteiger partial charge in [0.15, 0.2) is 0 Å². The van der Waals surface area contributed by atoms with Gasteiger partial charge in [-0.05, 0) is 116 Å². The van der Waals surface area contributed by atoms with E-state index in [1.165, 1.54) is 56.2 Å². The Morgan fingerprint density at radius 1 is 0.556 bits per heavy atom. The summed E-state index contributed by atoms with van der Waals surface area (Å²) < 4.78 is 7.00. The molecule has 4 aromatic rings. The molecule has 0 unspecified atom stereocenters. The van der Waals surface area contributed by atoms with E-state index in [4.69, 9.17) is 4.74 Å². The third-order valence-electron chi connectivity index (χ3n) is 7.84. The predicted molar refractivity (Wildman–Crippen MR) is 185 cm³/mol. The number of hydrogen-bond donors (Lipinski definition) is 2. The van der Waals surface area contributed by atoms with Crippen molar-refractivity contribution in [2.45, 2.75) is 58.3 Å². The van der Waals surface area contributed by atoms with Gasteiger partial charge in [0, 0.05) is 22.5 Å². The van der Waals surface area contributed by atoms with Crippen molar-refractivity contribution in [1.82, 2.24) is 0 Å². The van der Waals surface area contributed by atoms with E-state index in [0.29, 0.717) is 34.0 Å². The summed E-state index contributed by atoms with van der Waals surface area (Å²) in [4.78, 5) is 25.3. The highest BCUT2D eigenvalue weighted by molar-refractivity contribution is 6.04. The quantitative estimate of drug-likeness (QED) is 0.0987. The Morgan fingerprint density at radius 2 is 0.978 bits per heavy atom. The summed E-state index contributed by atoms with van der Waals surface area (Å²) in [5, 5.41) is 5.88. The Morgan fingerprint density at radius 3 is 1.42 bits per heavy atom. The highest BCUT2D eigenvalue weighted by Gasteiger charge is 2.09. The number of ether oxygens (including phenoxy) is 1. The first kappa shape index (κ1) is 33.5. The summed E-state index contributed by atoms with van der Waals surface area (Å²) in [6, 6.07) is 30.1. The second-order valence-corrected chi connectivity index (χ2v) is 12.7. The molecule has 4 aromatic carbocycles. The first-order chi connectivity index (χ1) is 21.7. The Hall–Kier alpha value is -4.42. The number of carbonyl (C=O) groups is 2. The molecule has 236 valence electrons. The lowest BCUT2D eigenvalue weighted by Gasteiger charge is -2.23. The molecule has 0 saturated heterocycles. The van der Waals surface area contributed by atoms with Crippen LogP contribution in [0.15, 0.2) is 97.1 Å². The lowest BCUT2D eigenvalue weighted by molar-refractivity contribution is -0.870. The minimum Gasteiger partial charge on any atom is -0.457 e. The number of carbonyl (C=O) groups excluding carboxylic acids is 2. The zero-order valence-corrected chi connectivity index (χ0v) is 27.3. The molecule has 0 aromatic heterocycles. The molecule has 4 rings (SSSR count). The average Bonchev–Trinajstić information content (AvgIpc) is 3.04. The zero-order valence-electron chi connectivity index (χ0n) is 27.3. The van der Waals surface area contributed by atoms with Crippen LogP contribution >= 0.6 is 0 Å². The van der Waals surface area contributed by atoms with Gasteiger partial charge >= 0.3 is 0 Å². The van der Waals surface area contributed by atoms with Crippen LogP contribution in [0.2, 0.25) is 0 Å². The maximum Gasteiger partial charge on any atom is 0.255 e. The van der Waals surface area contributed by atoms with Crippen molar-refractivity contribution in [3.63, 3.8) is 0 Å². The van der Waals surface area contributed by atoms with E-state index in [2.05, 4.69) is 50.8 Å². The van der Waals surface area contributed by atoms with E-state index in [1.54, 1.807) is 0 Å². The topological polar surface area (TPSA) is 67.4 Å². The highest BCUT2D eigenvalue weighted by Crippen LogP contribution is 2.25. The Kier molecular flexibility index (Phi) is 12.3. The van der Waals surface area contributed by atoms with E-state index in [-0.39, 0.29) is 11.8 Å². The summed E-state index contributed by atoms with van der Waals surface area (Å²) in [7, 11) is 6.76. The van der Waals surface area contributed by atoms with Gasteiger partial charge in [0.1, 0.15) is 11.5 Å². The van der Waals surface area contributed by atoms with Gasteiger partial charge in [0.25, 0.3) is 11.8 Å². The number of unbranched alkanes of at least 4 members (excludes halogenated alkanes) is 5. The van der Waals surface area contributed by atoms with Crippen LogP contribution in [0.1, 0.15) is 77.3 Å².